The molecule has 0 radical (unpaired) electrons. The van der Waals surface area contributed by atoms with Gasteiger partial charge in [-0.25, -0.2) is 4.98 Å². The van der Waals surface area contributed by atoms with Gasteiger partial charge in [0.05, 0.1) is 17.9 Å². The standard InChI is InChI=1S/C22H26N4O2/c27-21(16-9-10-16)26-12-5-4-8-19(26)22(28)25-13-11-17-18(14-25)24-20(23-17)15-6-2-1-3-7-15/h1-3,6-7,16,19H,4-5,8-14H2,(H,23,24). The number of imidazole rings is 1. The zero-order chi connectivity index (χ0) is 19.1. The number of carbonyl (C=O) groups excluding carboxylic acids is 2. The second-order valence-electron chi connectivity index (χ2n) is 8.20. The van der Waals surface area contributed by atoms with Crippen LogP contribution in [0.25, 0.3) is 11.4 Å². The van der Waals surface area contributed by atoms with Crippen molar-refractivity contribution in [3.63, 3.8) is 0 Å². The van der Waals surface area contributed by atoms with Crippen LogP contribution in [0.1, 0.15) is 43.5 Å². The molecule has 1 aromatic carbocycles. The highest BCUT2D eigenvalue weighted by molar-refractivity contribution is 5.89. The quantitative estimate of drug-likeness (QED) is 0.893. The first-order valence-electron chi connectivity index (χ1n) is 10.4. The van der Waals surface area contributed by atoms with Crippen molar-refractivity contribution in [1.29, 1.82) is 0 Å². The Morgan fingerprint density at radius 1 is 1.00 bits per heavy atom. The monoisotopic (exact) mass is 378 g/mol. The van der Waals surface area contributed by atoms with Crippen LogP contribution >= 0.6 is 0 Å². The number of carbonyl (C=O) groups is 2. The maximum Gasteiger partial charge on any atom is 0.245 e. The van der Waals surface area contributed by atoms with Gasteiger partial charge in [0.25, 0.3) is 0 Å². The Morgan fingerprint density at radius 3 is 2.61 bits per heavy atom. The van der Waals surface area contributed by atoms with E-state index < -0.39 is 0 Å². The molecule has 0 spiro atoms. The van der Waals surface area contributed by atoms with E-state index in [4.69, 9.17) is 4.98 Å². The molecule has 2 aromatic rings. The van der Waals surface area contributed by atoms with Crippen molar-refractivity contribution < 1.29 is 9.59 Å². The number of hydrogen-bond donors (Lipinski definition) is 1. The second-order valence-corrected chi connectivity index (χ2v) is 8.20. The minimum absolute atomic E-state index is 0.107. The lowest BCUT2D eigenvalue weighted by molar-refractivity contribution is -0.149. The van der Waals surface area contributed by atoms with Gasteiger partial charge in [0.2, 0.25) is 11.8 Å². The highest BCUT2D eigenvalue weighted by Gasteiger charge is 2.41. The smallest absolute Gasteiger partial charge is 0.245 e. The Hall–Kier alpha value is -2.63. The molecule has 146 valence electrons. The lowest BCUT2D eigenvalue weighted by Gasteiger charge is -2.38. The van der Waals surface area contributed by atoms with E-state index in [0.29, 0.717) is 13.1 Å². The van der Waals surface area contributed by atoms with Crippen molar-refractivity contribution in [1.82, 2.24) is 19.8 Å². The van der Waals surface area contributed by atoms with E-state index >= 15 is 0 Å². The normalized spacial score (nSPS) is 22.1. The van der Waals surface area contributed by atoms with Gasteiger partial charge in [-0.15, -0.1) is 0 Å². The summed E-state index contributed by atoms with van der Waals surface area (Å²) in [5.41, 5.74) is 3.13. The lowest BCUT2D eigenvalue weighted by atomic mass is 9.99. The van der Waals surface area contributed by atoms with E-state index in [0.717, 1.165) is 67.8 Å². The van der Waals surface area contributed by atoms with E-state index in [1.54, 1.807) is 0 Å². The summed E-state index contributed by atoms with van der Waals surface area (Å²) >= 11 is 0. The highest BCUT2D eigenvalue weighted by atomic mass is 16.2. The first kappa shape index (κ1) is 17.5. The van der Waals surface area contributed by atoms with Crippen LogP contribution in [0.15, 0.2) is 30.3 Å². The number of amides is 2. The molecule has 2 fully saturated rings. The van der Waals surface area contributed by atoms with E-state index in [9.17, 15) is 9.59 Å². The highest BCUT2D eigenvalue weighted by Crippen LogP contribution is 2.34. The Labute approximate surface area is 164 Å². The van der Waals surface area contributed by atoms with Gasteiger partial charge in [-0.1, -0.05) is 30.3 Å². The number of aromatic amines is 1. The third-order valence-corrected chi connectivity index (χ3v) is 6.19. The molecule has 1 atom stereocenters. The number of hydrogen-bond acceptors (Lipinski definition) is 3. The molecule has 0 bridgehead atoms. The van der Waals surface area contributed by atoms with Gasteiger partial charge in [0.15, 0.2) is 0 Å². The molecular weight excluding hydrogens is 352 g/mol. The van der Waals surface area contributed by atoms with Crippen LogP contribution < -0.4 is 0 Å². The number of rotatable bonds is 3. The Bertz CT molecular complexity index is 887. The van der Waals surface area contributed by atoms with Gasteiger partial charge in [0, 0.05) is 31.0 Å². The van der Waals surface area contributed by atoms with Crippen LogP contribution in [0.5, 0.6) is 0 Å². The molecule has 1 saturated carbocycles. The van der Waals surface area contributed by atoms with Crippen LogP contribution in [0.4, 0.5) is 0 Å². The van der Waals surface area contributed by atoms with Crippen molar-refractivity contribution in [2.24, 2.45) is 5.92 Å². The average molecular weight is 378 g/mol. The van der Waals surface area contributed by atoms with Gasteiger partial charge in [-0.05, 0) is 32.1 Å². The van der Waals surface area contributed by atoms with Gasteiger partial charge < -0.3 is 14.8 Å². The second kappa shape index (κ2) is 7.08. The topological polar surface area (TPSA) is 69.3 Å². The minimum atomic E-state index is -0.278. The molecule has 28 heavy (non-hydrogen) atoms. The molecule has 1 aromatic heterocycles. The van der Waals surface area contributed by atoms with Gasteiger partial charge in [-0.2, -0.15) is 0 Å². The summed E-state index contributed by atoms with van der Waals surface area (Å²) < 4.78 is 0. The van der Waals surface area contributed by atoms with Crippen molar-refractivity contribution >= 4 is 11.8 Å². The average Bonchev–Trinajstić information content (AvgIpc) is 3.51. The van der Waals surface area contributed by atoms with Crippen LogP contribution in [0.3, 0.4) is 0 Å². The Morgan fingerprint density at radius 2 is 1.82 bits per heavy atom. The molecule has 1 aliphatic carbocycles. The molecule has 2 amide bonds. The summed E-state index contributed by atoms with van der Waals surface area (Å²) in [5.74, 6) is 1.34. The van der Waals surface area contributed by atoms with Crippen LogP contribution in [-0.2, 0) is 22.6 Å². The predicted molar refractivity (Wildman–Crippen MR) is 105 cm³/mol. The number of fused-ring (bicyclic) bond motifs is 1. The third kappa shape index (κ3) is 3.21. The predicted octanol–water partition coefficient (Wildman–Crippen LogP) is 2.75. The molecule has 1 saturated heterocycles. The summed E-state index contributed by atoms with van der Waals surface area (Å²) in [5, 5.41) is 0. The lowest BCUT2D eigenvalue weighted by Crippen LogP contribution is -2.54. The van der Waals surface area contributed by atoms with Crippen molar-refractivity contribution in [2.45, 2.75) is 51.1 Å². The summed E-state index contributed by atoms with van der Waals surface area (Å²) in [4.78, 5) is 37.9. The SMILES string of the molecule is O=C(C1CCCCN1C(=O)C1CC1)N1CCc2nc(-c3ccccc3)[nH]c2C1. The maximum atomic E-state index is 13.3. The molecule has 2 aliphatic heterocycles. The van der Waals surface area contributed by atoms with Crippen LogP contribution in [0, 0.1) is 5.92 Å². The van der Waals surface area contributed by atoms with E-state index in [-0.39, 0.29) is 23.8 Å². The molecule has 3 heterocycles. The number of aromatic nitrogens is 2. The summed E-state index contributed by atoms with van der Waals surface area (Å²) in [7, 11) is 0. The molecule has 6 heteroatoms. The first-order chi connectivity index (χ1) is 13.7. The fourth-order valence-corrected chi connectivity index (χ4v) is 4.44. The summed E-state index contributed by atoms with van der Waals surface area (Å²) in [6.45, 7) is 1.95. The Kier molecular flexibility index (Phi) is 4.41. The zero-order valence-electron chi connectivity index (χ0n) is 16.1. The number of piperidine rings is 1. The first-order valence-corrected chi connectivity index (χ1v) is 10.4. The number of H-pyrrole nitrogens is 1. The number of benzene rings is 1. The van der Waals surface area contributed by atoms with Crippen LogP contribution in [0.2, 0.25) is 0 Å². The van der Waals surface area contributed by atoms with Gasteiger partial charge in [-0.3, -0.25) is 9.59 Å². The number of nitrogens with one attached hydrogen (secondary N) is 1. The minimum Gasteiger partial charge on any atom is -0.340 e. The molecular formula is C22H26N4O2. The number of nitrogens with zero attached hydrogens (tertiary/aromatic N) is 3. The maximum absolute atomic E-state index is 13.3. The largest absolute Gasteiger partial charge is 0.340 e. The van der Waals surface area contributed by atoms with Crippen molar-refractivity contribution in [2.75, 3.05) is 13.1 Å². The summed E-state index contributed by atoms with van der Waals surface area (Å²) in [6, 6.07) is 9.79. The molecule has 6 nitrogen and oxygen atoms in total. The zero-order valence-corrected chi connectivity index (χ0v) is 16.1. The van der Waals surface area contributed by atoms with E-state index in [1.807, 2.05) is 40.1 Å². The van der Waals surface area contributed by atoms with E-state index in [2.05, 4.69) is 4.98 Å². The summed E-state index contributed by atoms with van der Waals surface area (Å²) in [6.07, 6.45) is 5.55. The molecule has 1 unspecified atom stereocenters. The molecule has 1 N–H and O–H groups in total. The molecule has 3 aliphatic rings. The van der Waals surface area contributed by atoms with Crippen LogP contribution in [-0.4, -0.2) is 50.7 Å². The van der Waals surface area contributed by atoms with E-state index in [1.165, 1.54) is 0 Å². The van der Waals surface area contributed by atoms with Crippen molar-refractivity contribution in [3.05, 3.63) is 41.7 Å². The fraction of sp³-hybridized carbons (Fsp3) is 0.500. The fourth-order valence-electron chi connectivity index (χ4n) is 4.44. The third-order valence-electron chi connectivity index (χ3n) is 6.19. The van der Waals surface area contributed by atoms with Gasteiger partial charge in [0.1, 0.15) is 11.9 Å². The Balaban J connectivity index is 1.33. The number of likely N-dealkylation sites (tertiary alicyclic amines) is 1. The van der Waals surface area contributed by atoms with Crippen molar-refractivity contribution in [3.8, 4) is 11.4 Å². The van der Waals surface area contributed by atoms with Gasteiger partial charge >= 0.3 is 0 Å². The molecule has 5 rings (SSSR count).